The van der Waals surface area contributed by atoms with Gasteiger partial charge < -0.3 is 10.1 Å². The monoisotopic (exact) mass is 321 g/mol. The first kappa shape index (κ1) is 16.2. The van der Waals surface area contributed by atoms with E-state index < -0.39 is 0 Å². The van der Waals surface area contributed by atoms with Gasteiger partial charge in [0.15, 0.2) is 0 Å². The average molecular weight is 321 g/mol. The molecule has 1 atom stereocenters. The lowest BCUT2D eigenvalue weighted by atomic mass is 9.99. The molecule has 1 N–H and O–H groups in total. The first-order valence-electron chi connectivity index (χ1n) is 7.06. The number of nitrogens with one attached hydrogen (secondary N) is 1. The molecule has 0 bridgehead atoms. The van der Waals surface area contributed by atoms with Crippen LogP contribution in [0.3, 0.4) is 0 Å². The summed E-state index contributed by atoms with van der Waals surface area (Å²) in [5, 5.41) is 2.80. The number of carbonyl (C=O) groups is 1. The van der Waals surface area contributed by atoms with E-state index in [1.807, 2.05) is 44.2 Å². The molecule has 0 fully saturated rings. The van der Waals surface area contributed by atoms with Gasteiger partial charge in [-0.15, -0.1) is 0 Å². The van der Waals surface area contributed by atoms with Crippen molar-refractivity contribution in [3.63, 3.8) is 0 Å². The van der Waals surface area contributed by atoms with Crippen molar-refractivity contribution in [3.8, 4) is 0 Å². The quantitative estimate of drug-likeness (QED) is 0.813. The van der Waals surface area contributed by atoms with Crippen LogP contribution in [0.1, 0.15) is 20.3 Å². The van der Waals surface area contributed by atoms with E-state index in [9.17, 15) is 4.79 Å². The van der Waals surface area contributed by atoms with Gasteiger partial charge in [0.25, 0.3) is 5.91 Å². The van der Waals surface area contributed by atoms with Crippen LogP contribution in [0.2, 0.25) is 0 Å². The average Bonchev–Trinajstić information content (AvgIpc) is 2.48. The Morgan fingerprint density at radius 3 is 2.62 bits per heavy atom. The molecule has 0 saturated carbocycles. The summed E-state index contributed by atoms with van der Waals surface area (Å²) < 4.78 is 5.55. The SMILES string of the molecule is CCOCC1C(=S)NC(=O)C(CC)=C1Sc1ccccc1. The molecular formula is C16H19NO2S2. The van der Waals surface area contributed by atoms with Crippen molar-refractivity contribution >= 4 is 34.9 Å². The molecular weight excluding hydrogens is 302 g/mol. The smallest absolute Gasteiger partial charge is 0.252 e. The third-order valence-corrected chi connectivity index (χ3v) is 4.90. The number of carbonyl (C=O) groups excluding carboxylic acids is 1. The largest absolute Gasteiger partial charge is 0.381 e. The van der Waals surface area contributed by atoms with Gasteiger partial charge in [-0.25, -0.2) is 0 Å². The Bertz CT molecular complexity index is 555. The predicted octanol–water partition coefficient (Wildman–Crippen LogP) is 3.55. The number of rotatable bonds is 6. The number of hydrogen-bond acceptors (Lipinski definition) is 4. The van der Waals surface area contributed by atoms with Crippen LogP contribution in [0, 0.1) is 5.92 Å². The van der Waals surface area contributed by atoms with Gasteiger partial charge in [0.1, 0.15) is 0 Å². The van der Waals surface area contributed by atoms with Crippen molar-refractivity contribution in [2.75, 3.05) is 13.2 Å². The van der Waals surface area contributed by atoms with E-state index in [1.165, 1.54) is 0 Å². The van der Waals surface area contributed by atoms with Gasteiger partial charge in [-0.05, 0) is 25.5 Å². The van der Waals surface area contributed by atoms with E-state index in [0.29, 0.717) is 24.6 Å². The molecule has 5 heteroatoms. The summed E-state index contributed by atoms with van der Waals surface area (Å²) >= 11 is 6.97. The third kappa shape index (κ3) is 3.93. The highest BCUT2D eigenvalue weighted by molar-refractivity contribution is 8.03. The molecule has 3 nitrogen and oxygen atoms in total. The molecule has 0 saturated heterocycles. The Morgan fingerprint density at radius 1 is 1.29 bits per heavy atom. The van der Waals surface area contributed by atoms with Gasteiger partial charge in [-0.2, -0.15) is 0 Å². The van der Waals surface area contributed by atoms with Gasteiger partial charge in [0, 0.05) is 22.0 Å². The molecule has 1 heterocycles. The third-order valence-electron chi connectivity index (χ3n) is 3.25. The molecule has 0 spiro atoms. The highest BCUT2D eigenvalue weighted by Crippen LogP contribution is 2.38. The maximum Gasteiger partial charge on any atom is 0.252 e. The molecule has 1 aliphatic heterocycles. The zero-order valence-corrected chi connectivity index (χ0v) is 13.9. The molecule has 0 aliphatic carbocycles. The lowest BCUT2D eigenvalue weighted by Gasteiger charge is -2.28. The summed E-state index contributed by atoms with van der Waals surface area (Å²) in [5.41, 5.74) is 0.808. The number of amides is 1. The van der Waals surface area contributed by atoms with Crippen molar-refractivity contribution in [3.05, 3.63) is 40.8 Å². The van der Waals surface area contributed by atoms with Crippen molar-refractivity contribution < 1.29 is 9.53 Å². The van der Waals surface area contributed by atoms with E-state index in [2.05, 4.69) is 5.32 Å². The van der Waals surface area contributed by atoms with Crippen molar-refractivity contribution in [1.82, 2.24) is 5.32 Å². The second-order valence-corrected chi connectivity index (χ2v) is 6.20. The van der Waals surface area contributed by atoms with Crippen LogP contribution in [0.25, 0.3) is 0 Å². The van der Waals surface area contributed by atoms with Crippen molar-refractivity contribution in [2.24, 2.45) is 5.92 Å². The maximum atomic E-state index is 12.1. The number of thioether (sulfide) groups is 1. The Labute approximate surface area is 135 Å². The standard InChI is InChI=1S/C16H19NO2S2/c1-3-12-14(21-11-8-6-5-7-9-11)13(10-19-4-2)16(20)17-15(12)18/h5-9,13H,3-4,10H2,1-2H3,(H,17,18,20). The number of thiocarbonyl (C=S) groups is 1. The maximum absolute atomic E-state index is 12.1. The lowest BCUT2D eigenvalue weighted by Crippen LogP contribution is -2.42. The van der Waals surface area contributed by atoms with Crippen LogP contribution in [0.4, 0.5) is 0 Å². The molecule has 1 unspecified atom stereocenters. The molecule has 1 aromatic rings. The van der Waals surface area contributed by atoms with Crippen molar-refractivity contribution in [2.45, 2.75) is 25.2 Å². The Hall–Kier alpha value is -1.17. The number of hydrogen-bond donors (Lipinski definition) is 1. The van der Waals surface area contributed by atoms with Crippen LogP contribution in [0.5, 0.6) is 0 Å². The van der Waals surface area contributed by atoms with Gasteiger partial charge in [0.2, 0.25) is 0 Å². The molecule has 1 aliphatic rings. The van der Waals surface area contributed by atoms with Crippen molar-refractivity contribution in [1.29, 1.82) is 0 Å². The summed E-state index contributed by atoms with van der Waals surface area (Å²) in [6.45, 7) is 5.09. The fraction of sp³-hybridized carbons (Fsp3) is 0.375. The van der Waals surface area contributed by atoms with Gasteiger partial charge >= 0.3 is 0 Å². The molecule has 112 valence electrons. The fourth-order valence-electron chi connectivity index (χ4n) is 2.19. The van der Waals surface area contributed by atoms with Gasteiger partial charge in [-0.1, -0.05) is 49.1 Å². The van der Waals surface area contributed by atoms with E-state index in [0.717, 1.165) is 15.4 Å². The lowest BCUT2D eigenvalue weighted by molar-refractivity contribution is -0.116. The Morgan fingerprint density at radius 2 is 2.00 bits per heavy atom. The zero-order chi connectivity index (χ0) is 15.2. The molecule has 2 rings (SSSR count). The molecule has 1 amide bonds. The highest BCUT2D eigenvalue weighted by Gasteiger charge is 2.32. The predicted molar refractivity (Wildman–Crippen MR) is 90.3 cm³/mol. The Balaban J connectivity index is 2.35. The Kier molecular flexibility index (Phi) is 5.96. The summed E-state index contributed by atoms with van der Waals surface area (Å²) in [5.74, 6) is -0.119. The minimum atomic E-state index is -0.0753. The minimum Gasteiger partial charge on any atom is -0.381 e. The van der Waals surface area contributed by atoms with Crippen LogP contribution in [-0.2, 0) is 9.53 Å². The second kappa shape index (κ2) is 7.73. The number of benzene rings is 1. The second-order valence-electron chi connectivity index (χ2n) is 4.64. The van der Waals surface area contributed by atoms with E-state index in [-0.39, 0.29) is 11.8 Å². The van der Waals surface area contributed by atoms with Gasteiger partial charge in [-0.3, -0.25) is 4.79 Å². The van der Waals surface area contributed by atoms with Crippen LogP contribution in [0.15, 0.2) is 45.7 Å². The first-order chi connectivity index (χ1) is 10.2. The molecule has 0 aromatic heterocycles. The van der Waals surface area contributed by atoms with E-state index >= 15 is 0 Å². The van der Waals surface area contributed by atoms with E-state index in [4.69, 9.17) is 17.0 Å². The normalized spacial score (nSPS) is 18.9. The van der Waals surface area contributed by atoms with Gasteiger partial charge in [0.05, 0.1) is 17.5 Å². The molecule has 21 heavy (non-hydrogen) atoms. The van der Waals surface area contributed by atoms with E-state index in [1.54, 1.807) is 11.8 Å². The summed E-state index contributed by atoms with van der Waals surface area (Å²) in [6, 6.07) is 10.0. The summed E-state index contributed by atoms with van der Waals surface area (Å²) in [7, 11) is 0. The minimum absolute atomic E-state index is 0.0437. The number of ether oxygens (including phenoxy) is 1. The zero-order valence-electron chi connectivity index (χ0n) is 12.2. The molecule has 0 radical (unpaired) electrons. The molecule has 1 aromatic carbocycles. The van der Waals surface area contributed by atoms with Crippen LogP contribution >= 0.6 is 24.0 Å². The van der Waals surface area contributed by atoms with Crippen LogP contribution < -0.4 is 5.32 Å². The van der Waals surface area contributed by atoms with Crippen LogP contribution in [-0.4, -0.2) is 24.1 Å². The first-order valence-corrected chi connectivity index (χ1v) is 8.28. The topological polar surface area (TPSA) is 38.3 Å². The summed E-state index contributed by atoms with van der Waals surface area (Å²) in [4.78, 5) is 14.8. The highest BCUT2D eigenvalue weighted by atomic mass is 32.2. The summed E-state index contributed by atoms with van der Waals surface area (Å²) in [6.07, 6.45) is 0.687. The fourth-order valence-corrected chi connectivity index (χ4v) is 3.77.